The van der Waals surface area contributed by atoms with E-state index in [0.29, 0.717) is 0 Å². The van der Waals surface area contributed by atoms with Crippen molar-refractivity contribution in [1.82, 2.24) is 14.2 Å². The number of hydrazone groups is 1. The lowest BCUT2D eigenvalue weighted by Crippen LogP contribution is -2.52. The van der Waals surface area contributed by atoms with Gasteiger partial charge < -0.3 is 4.90 Å². The summed E-state index contributed by atoms with van der Waals surface area (Å²) in [5, 5.41) is 5.14. The molecule has 0 atom stereocenters. The monoisotopic (exact) mass is 382 g/mol. The van der Waals surface area contributed by atoms with E-state index in [9.17, 15) is 22.4 Å². The number of carbonyl (C=O) groups is 2. The maximum atomic E-state index is 13.8. The highest BCUT2D eigenvalue weighted by atomic mass is 32.2. The maximum absolute atomic E-state index is 13.8. The molecule has 1 fully saturated rings. The molecule has 140 valence electrons. The van der Waals surface area contributed by atoms with E-state index in [1.165, 1.54) is 34.5 Å². The topological polar surface area (TPSA) is 90.4 Å². The molecular weight excluding hydrogens is 363 g/mol. The Hall–Kier alpha value is -2.33. The van der Waals surface area contributed by atoms with Gasteiger partial charge in [-0.15, -0.1) is 0 Å². The van der Waals surface area contributed by atoms with Crippen molar-refractivity contribution in [2.75, 3.05) is 33.2 Å². The molecule has 8 nitrogen and oxygen atoms in total. The summed E-state index contributed by atoms with van der Waals surface area (Å²) in [6.07, 6.45) is 0.498. The first-order valence-corrected chi connectivity index (χ1v) is 9.62. The Bertz CT molecular complexity index is 863. The van der Waals surface area contributed by atoms with Crippen LogP contribution in [0, 0.1) is 5.82 Å². The first-order chi connectivity index (χ1) is 12.3. The normalized spacial score (nSPS) is 19.5. The molecule has 2 amide bonds. The van der Waals surface area contributed by atoms with Crippen molar-refractivity contribution in [3.8, 4) is 0 Å². The van der Waals surface area contributed by atoms with Crippen molar-refractivity contribution >= 4 is 27.5 Å². The number of benzene rings is 1. The van der Waals surface area contributed by atoms with Crippen molar-refractivity contribution in [2.24, 2.45) is 5.10 Å². The molecule has 0 aliphatic carbocycles. The molecule has 0 unspecified atom stereocenters. The minimum Gasteiger partial charge on any atom is -0.335 e. The molecular formula is C16H19FN4O4S. The second-order valence-electron chi connectivity index (χ2n) is 6.09. The zero-order valence-electron chi connectivity index (χ0n) is 14.3. The van der Waals surface area contributed by atoms with Crippen LogP contribution >= 0.6 is 0 Å². The third kappa shape index (κ3) is 3.47. The van der Waals surface area contributed by atoms with Gasteiger partial charge in [-0.05, 0) is 12.1 Å². The summed E-state index contributed by atoms with van der Waals surface area (Å²) in [5.74, 6) is -1.25. The molecule has 2 aliphatic rings. The Balaban J connectivity index is 1.68. The largest absolute Gasteiger partial charge is 0.335 e. The maximum Gasteiger partial charge on any atom is 0.270 e. The van der Waals surface area contributed by atoms with Crippen LogP contribution in [0.1, 0.15) is 12.8 Å². The van der Waals surface area contributed by atoms with Crippen molar-refractivity contribution in [2.45, 2.75) is 17.7 Å². The highest BCUT2D eigenvalue weighted by molar-refractivity contribution is 7.89. The van der Waals surface area contributed by atoms with E-state index in [0.717, 1.165) is 11.1 Å². The van der Waals surface area contributed by atoms with Gasteiger partial charge in [0.05, 0.1) is 0 Å². The van der Waals surface area contributed by atoms with Crippen molar-refractivity contribution in [3.05, 3.63) is 30.1 Å². The van der Waals surface area contributed by atoms with Gasteiger partial charge in [0, 0.05) is 46.1 Å². The molecule has 3 rings (SSSR count). The Morgan fingerprint density at radius 1 is 1.12 bits per heavy atom. The van der Waals surface area contributed by atoms with Gasteiger partial charge in [0.25, 0.3) is 5.91 Å². The SMILES string of the molecule is CN1N=C(C(=O)N2CCN(S(=O)(=O)c3ccccc3F)CC2)CCC1=O. The number of rotatable bonds is 3. The van der Waals surface area contributed by atoms with Crippen molar-refractivity contribution < 1.29 is 22.4 Å². The van der Waals surface area contributed by atoms with E-state index in [1.54, 1.807) is 0 Å². The Kier molecular flexibility index (Phi) is 5.05. The molecule has 1 aromatic carbocycles. The number of halogens is 1. The molecule has 0 aromatic heterocycles. The molecule has 0 radical (unpaired) electrons. The Labute approximate surface area is 150 Å². The Morgan fingerprint density at radius 2 is 1.77 bits per heavy atom. The highest BCUT2D eigenvalue weighted by Crippen LogP contribution is 2.21. The van der Waals surface area contributed by atoms with E-state index in [4.69, 9.17) is 0 Å². The van der Waals surface area contributed by atoms with Gasteiger partial charge in [-0.2, -0.15) is 9.41 Å². The summed E-state index contributed by atoms with van der Waals surface area (Å²) in [5.41, 5.74) is 0.289. The number of carbonyl (C=O) groups excluding carboxylic acids is 2. The second kappa shape index (κ2) is 7.12. The van der Waals surface area contributed by atoms with Gasteiger partial charge in [0.2, 0.25) is 15.9 Å². The van der Waals surface area contributed by atoms with Gasteiger partial charge in [0.15, 0.2) is 0 Å². The lowest BCUT2D eigenvalue weighted by atomic mass is 10.1. The number of hydrogen-bond acceptors (Lipinski definition) is 5. The summed E-state index contributed by atoms with van der Waals surface area (Å²) >= 11 is 0. The number of nitrogens with zero attached hydrogens (tertiary/aromatic N) is 4. The molecule has 1 saturated heterocycles. The first kappa shape index (κ1) is 18.5. The van der Waals surface area contributed by atoms with Crippen LogP contribution < -0.4 is 0 Å². The van der Waals surface area contributed by atoms with Crippen LogP contribution in [0.2, 0.25) is 0 Å². The van der Waals surface area contributed by atoms with Crippen LogP contribution in [0.3, 0.4) is 0 Å². The van der Waals surface area contributed by atoms with Crippen molar-refractivity contribution in [3.63, 3.8) is 0 Å². The van der Waals surface area contributed by atoms with Crippen molar-refractivity contribution in [1.29, 1.82) is 0 Å². The lowest BCUT2D eigenvalue weighted by molar-refractivity contribution is -0.130. The summed E-state index contributed by atoms with van der Waals surface area (Å²) in [7, 11) is -2.45. The third-order valence-electron chi connectivity index (χ3n) is 4.43. The number of sulfonamides is 1. The first-order valence-electron chi connectivity index (χ1n) is 8.18. The molecule has 1 aromatic rings. The second-order valence-corrected chi connectivity index (χ2v) is 8.00. The molecule has 0 N–H and O–H groups in total. The molecule has 0 bridgehead atoms. The van der Waals surface area contributed by atoms with Crippen LogP contribution in [-0.4, -0.2) is 73.4 Å². The van der Waals surface area contributed by atoms with Crippen LogP contribution in [0.25, 0.3) is 0 Å². The van der Waals surface area contributed by atoms with E-state index in [1.807, 2.05) is 0 Å². The predicted molar refractivity (Wildman–Crippen MR) is 91.2 cm³/mol. The third-order valence-corrected chi connectivity index (χ3v) is 6.37. The highest BCUT2D eigenvalue weighted by Gasteiger charge is 2.33. The zero-order valence-corrected chi connectivity index (χ0v) is 15.1. The average molecular weight is 382 g/mol. The van der Waals surface area contributed by atoms with Crippen LogP contribution in [0.15, 0.2) is 34.3 Å². The average Bonchev–Trinajstić information content (AvgIpc) is 2.63. The smallest absolute Gasteiger partial charge is 0.270 e. The summed E-state index contributed by atoms with van der Waals surface area (Å²) in [4.78, 5) is 25.1. The Morgan fingerprint density at radius 3 is 2.38 bits per heavy atom. The number of piperazine rings is 1. The minimum atomic E-state index is -3.95. The fourth-order valence-electron chi connectivity index (χ4n) is 2.93. The zero-order chi connectivity index (χ0) is 18.9. The van der Waals surface area contributed by atoms with Gasteiger partial charge in [-0.3, -0.25) is 9.59 Å². The summed E-state index contributed by atoms with van der Waals surface area (Å²) in [6, 6.07) is 5.23. The van der Waals surface area contributed by atoms with Crippen LogP contribution in [0.4, 0.5) is 4.39 Å². The van der Waals surface area contributed by atoms with E-state index in [-0.39, 0.29) is 61.4 Å². The van der Waals surface area contributed by atoms with Gasteiger partial charge in [-0.25, -0.2) is 17.8 Å². The van der Waals surface area contributed by atoms with E-state index >= 15 is 0 Å². The fraction of sp³-hybridized carbons (Fsp3) is 0.438. The molecule has 2 heterocycles. The number of amides is 2. The van der Waals surface area contributed by atoms with Gasteiger partial charge >= 0.3 is 0 Å². The van der Waals surface area contributed by atoms with E-state index < -0.39 is 15.8 Å². The van der Waals surface area contributed by atoms with E-state index in [2.05, 4.69) is 5.10 Å². The van der Waals surface area contributed by atoms with Crippen LogP contribution in [-0.2, 0) is 19.6 Å². The predicted octanol–water partition coefficient (Wildman–Crippen LogP) is 0.267. The lowest BCUT2D eigenvalue weighted by Gasteiger charge is -2.34. The summed E-state index contributed by atoms with van der Waals surface area (Å²) in [6.45, 7) is 0.515. The van der Waals surface area contributed by atoms with Crippen LogP contribution in [0.5, 0.6) is 0 Å². The standard InChI is InChI=1S/C16H19FN4O4S/c1-19-15(22)7-6-13(18-19)16(23)20-8-10-21(11-9-20)26(24,25)14-5-3-2-4-12(14)17/h2-5H,6-11H2,1H3. The fourth-order valence-corrected chi connectivity index (χ4v) is 4.42. The minimum absolute atomic E-state index is 0.0739. The quantitative estimate of drug-likeness (QED) is 0.750. The molecule has 26 heavy (non-hydrogen) atoms. The molecule has 0 spiro atoms. The van der Waals surface area contributed by atoms with Gasteiger partial charge in [-0.1, -0.05) is 12.1 Å². The van der Waals surface area contributed by atoms with Gasteiger partial charge in [0.1, 0.15) is 16.4 Å². The molecule has 0 saturated carbocycles. The molecule has 10 heteroatoms. The molecule has 2 aliphatic heterocycles. The number of hydrogen-bond donors (Lipinski definition) is 0. The summed E-state index contributed by atoms with van der Waals surface area (Å²) < 4.78 is 40.2.